The standard InChI is InChI=1S/C9H12F3NO4/c1-17-6-2-5(3-7(14)15)13(4-6)8(16)9(10,11)12/h5-6H,2-4H2,1H3,(H,14,15)/t5-,6-/m0/s1. The Morgan fingerprint density at radius 2 is 2.06 bits per heavy atom. The molecule has 5 nitrogen and oxygen atoms in total. The number of methoxy groups -OCH3 is 1. The molecule has 0 aromatic carbocycles. The van der Waals surface area contributed by atoms with Crippen molar-refractivity contribution in [3.63, 3.8) is 0 Å². The molecule has 0 saturated carbocycles. The number of carboxylic acid groups (broad SMARTS) is 1. The van der Waals surface area contributed by atoms with Gasteiger partial charge >= 0.3 is 18.1 Å². The van der Waals surface area contributed by atoms with E-state index in [4.69, 9.17) is 9.84 Å². The molecular weight excluding hydrogens is 243 g/mol. The van der Waals surface area contributed by atoms with Crippen molar-refractivity contribution in [2.75, 3.05) is 13.7 Å². The summed E-state index contributed by atoms with van der Waals surface area (Å²) in [5, 5.41) is 8.58. The predicted octanol–water partition coefficient (Wildman–Crippen LogP) is 0.639. The highest BCUT2D eigenvalue weighted by atomic mass is 19.4. The number of hydrogen-bond acceptors (Lipinski definition) is 3. The van der Waals surface area contributed by atoms with Crippen molar-refractivity contribution < 1.29 is 32.6 Å². The van der Waals surface area contributed by atoms with Crippen LogP contribution in [0.25, 0.3) is 0 Å². The van der Waals surface area contributed by atoms with Crippen LogP contribution in [0.3, 0.4) is 0 Å². The average molecular weight is 255 g/mol. The summed E-state index contributed by atoms with van der Waals surface area (Å²) in [5.74, 6) is -3.25. The molecule has 0 radical (unpaired) electrons. The minimum absolute atomic E-state index is 0.102. The zero-order chi connectivity index (χ0) is 13.2. The number of alkyl halides is 3. The lowest BCUT2D eigenvalue weighted by Crippen LogP contribution is -2.44. The molecule has 2 atom stereocenters. The average Bonchev–Trinajstić information content (AvgIpc) is 2.57. The quantitative estimate of drug-likeness (QED) is 0.803. The summed E-state index contributed by atoms with van der Waals surface area (Å²) in [5.41, 5.74) is 0. The van der Waals surface area contributed by atoms with Crippen molar-refractivity contribution in [1.82, 2.24) is 4.90 Å². The Morgan fingerprint density at radius 3 is 2.47 bits per heavy atom. The van der Waals surface area contributed by atoms with Crippen molar-refractivity contribution in [1.29, 1.82) is 0 Å². The molecule has 1 fully saturated rings. The summed E-state index contributed by atoms with van der Waals surface area (Å²) in [6.07, 6.45) is -5.95. The molecule has 0 unspecified atom stereocenters. The van der Waals surface area contributed by atoms with Gasteiger partial charge in [0.1, 0.15) is 0 Å². The van der Waals surface area contributed by atoms with Crippen molar-refractivity contribution in [3.8, 4) is 0 Å². The van der Waals surface area contributed by atoms with Crippen LogP contribution in [-0.2, 0) is 14.3 Å². The summed E-state index contributed by atoms with van der Waals surface area (Å²) in [6, 6.07) is -0.966. The van der Waals surface area contributed by atoms with Gasteiger partial charge in [-0.05, 0) is 6.42 Å². The summed E-state index contributed by atoms with van der Waals surface area (Å²) in [4.78, 5) is 22.1. The smallest absolute Gasteiger partial charge is 0.471 e. The van der Waals surface area contributed by atoms with Crippen LogP contribution in [0.1, 0.15) is 12.8 Å². The van der Waals surface area contributed by atoms with E-state index >= 15 is 0 Å². The zero-order valence-electron chi connectivity index (χ0n) is 9.03. The van der Waals surface area contributed by atoms with Gasteiger partial charge < -0.3 is 14.7 Å². The first kappa shape index (κ1) is 13.8. The van der Waals surface area contributed by atoms with Crippen LogP contribution >= 0.6 is 0 Å². The molecule has 1 saturated heterocycles. The first-order valence-corrected chi connectivity index (χ1v) is 4.88. The highest BCUT2D eigenvalue weighted by molar-refractivity contribution is 5.83. The van der Waals surface area contributed by atoms with Gasteiger partial charge in [-0.2, -0.15) is 13.2 Å². The van der Waals surface area contributed by atoms with E-state index in [-0.39, 0.29) is 13.0 Å². The van der Waals surface area contributed by atoms with E-state index in [0.717, 1.165) is 0 Å². The topological polar surface area (TPSA) is 66.8 Å². The molecular formula is C9H12F3NO4. The summed E-state index contributed by atoms with van der Waals surface area (Å²) in [7, 11) is 1.31. The van der Waals surface area contributed by atoms with E-state index in [9.17, 15) is 22.8 Å². The first-order valence-electron chi connectivity index (χ1n) is 4.88. The highest BCUT2D eigenvalue weighted by Crippen LogP contribution is 2.28. The van der Waals surface area contributed by atoms with Gasteiger partial charge in [-0.25, -0.2) is 0 Å². The fourth-order valence-corrected chi connectivity index (χ4v) is 1.85. The lowest BCUT2D eigenvalue weighted by Gasteiger charge is -2.23. The third kappa shape index (κ3) is 3.32. The second kappa shape index (κ2) is 4.91. The molecule has 17 heavy (non-hydrogen) atoms. The van der Waals surface area contributed by atoms with E-state index in [0.29, 0.717) is 4.90 Å². The number of ether oxygens (including phenoxy) is 1. The van der Waals surface area contributed by atoms with Crippen LogP contribution in [0.15, 0.2) is 0 Å². The Labute approximate surface area is 95.1 Å². The van der Waals surface area contributed by atoms with Crippen LogP contribution in [0.2, 0.25) is 0 Å². The Balaban J connectivity index is 2.80. The maximum absolute atomic E-state index is 12.3. The van der Waals surface area contributed by atoms with Gasteiger partial charge in [-0.15, -0.1) is 0 Å². The minimum atomic E-state index is -4.99. The molecule has 1 aliphatic heterocycles. The van der Waals surface area contributed by atoms with Gasteiger partial charge in [0.05, 0.1) is 12.5 Å². The molecule has 0 aromatic heterocycles. The van der Waals surface area contributed by atoms with Gasteiger partial charge in [-0.1, -0.05) is 0 Å². The molecule has 8 heteroatoms. The van der Waals surface area contributed by atoms with Crippen LogP contribution in [0, 0.1) is 0 Å². The Morgan fingerprint density at radius 1 is 1.47 bits per heavy atom. The second-order valence-corrected chi connectivity index (χ2v) is 3.80. The third-order valence-electron chi connectivity index (χ3n) is 2.62. The van der Waals surface area contributed by atoms with Gasteiger partial charge in [0.25, 0.3) is 0 Å². The van der Waals surface area contributed by atoms with Gasteiger partial charge in [0.2, 0.25) is 0 Å². The SMILES string of the molecule is CO[C@H]1C[C@@H](CC(=O)O)N(C(=O)C(F)(F)F)C1. The number of amides is 1. The van der Waals surface area contributed by atoms with Crippen molar-refractivity contribution in [2.24, 2.45) is 0 Å². The number of aliphatic carboxylic acids is 1. The van der Waals surface area contributed by atoms with E-state index < -0.39 is 36.6 Å². The molecule has 98 valence electrons. The number of nitrogens with zero attached hydrogens (tertiary/aromatic N) is 1. The lowest BCUT2D eigenvalue weighted by atomic mass is 10.1. The number of carboxylic acids is 1. The van der Waals surface area contributed by atoms with Crippen molar-refractivity contribution in [2.45, 2.75) is 31.2 Å². The molecule has 1 aliphatic rings. The number of hydrogen-bond donors (Lipinski definition) is 1. The monoisotopic (exact) mass is 255 g/mol. The molecule has 0 spiro atoms. The number of carbonyl (C=O) groups is 2. The minimum Gasteiger partial charge on any atom is -0.481 e. The maximum Gasteiger partial charge on any atom is 0.471 e. The van der Waals surface area contributed by atoms with Gasteiger partial charge in [0, 0.05) is 19.7 Å². The Hall–Kier alpha value is -1.31. The van der Waals surface area contributed by atoms with Crippen LogP contribution in [-0.4, -0.2) is 53.9 Å². The molecule has 1 heterocycles. The summed E-state index contributed by atoms with van der Waals surface area (Å²) >= 11 is 0. The summed E-state index contributed by atoms with van der Waals surface area (Å²) < 4.78 is 41.7. The predicted molar refractivity (Wildman–Crippen MR) is 49.2 cm³/mol. The van der Waals surface area contributed by atoms with Crippen molar-refractivity contribution >= 4 is 11.9 Å². The third-order valence-corrected chi connectivity index (χ3v) is 2.62. The molecule has 0 aliphatic carbocycles. The van der Waals surface area contributed by atoms with Crippen molar-refractivity contribution in [3.05, 3.63) is 0 Å². The molecule has 0 bridgehead atoms. The zero-order valence-corrected chi connectivity index (χ0v) is 9.03. The Kier molecular flexibility index (Phi) is 3.97. The second-order valence-electron chi connectivity index (χ2n) is 3.80. The van der Waals surface area contributed by atoms with E-state index in [1.54, 1.807) is 0 Å². The Bertz CT molecular complexity index is 318. The van der Waals surface area contributed by atoms with Crippen LogP contribution < -0.4 is 0 Å². The molecule has 1 amide bonds. The number of rotatable bonds is 3. The largest absolute Gasteiger partial charge is 0.481 e. The number of halogens is 3. The number of likely N-dealkylation sites (tertiary alicyclic amines) is 1. The fraction of sp³-hybridized carbons (Fsp3) is 0.778. The first-order chi connectivity index (χ1) is 7.75. The van der Waals surface area contributed by atoms with Gasteiger partial charge in [-0.3, -0.25) is 9.59 Å². The van der Waals surface area contributed by atoms with Crippen LogP contribution in [0.4, 0.5) is 13.2 Å². The van der Waals surface area contributed by atoms with Gasteiger partial charge in [0.15, 0.2) is 0 Å². The van der Waals surface area contributed by atoms with E-state index in [1.807, 2.05) is 0 Å². The molecule has 0 aromatic rings. The summed E-state index contributed by atoms with van der Waals surface area (Å²) in [6.45, 7) is -0.229. The molecule has 1 rings (SSSR count). The lowest BCUT2D eigenvalue weighted by molar-refractivity contribution is -0.187. The normalized spacial score (nSPS) is 25.1. The molecule has 1 N–H and O–H groups in total. The maximum atomic E-state index is 12.3. The highest BCUT2D eigenvalue weighted by Gasteiger charge is 2.48. The van der Waals surface area contributed by atoms with Crippen LogP contribution in [0.5, 0.6) is 0 Å². The number of carbonyl (C=O) groups excluding carboxylic acids is 1. The van der Waals surface area contributed by atoms with E-state index in [1.165, 1.54) is 7.11 Å². The van der Waals surface area contributed by atoms with E-state index in [2.05, 4.69) is 0 Å². The fourth-order valence-electron chi connectivity index (χ4n) is 1.85.